The summed E-state index contributed by atoms with van der Waals surface area (Å²) in [6.07, 6.45) is 6.68. The molecule has 9 heteroatoms. The Kier molecular flexibility index (Phi) is 7.33. The van der Waals surface area contributed by atoms with Gasteiger partial charge in [0.2, 0.25) is 5.91 Å². The van der Waals surface area contributed by atoms with Crippen LogP contribution in [0.4, 0.5) is 0 Å². The minimum Gasteiger partial charge on any atom is -0.467 e. The number of thioether (sulfide) groups is 1. The van der Waals surface area contributed by atoms with Crippen molar-refractivity contribution in [3.63, 3.8) is 0 Å². The van der Waals surface area contributed by atoms with Crippen LogP contribution >= 0.6 is 23.1 Å². The van der Waals surface area contributed by atoms with Gasteiger partial charge in [0, 0.05) is 18.5 Å². The van der Waals surface area contributed by atoms with Crippen LogP contribution in [0, 0.1) is 17.2 Å². The molecule has 1 aliphatic rings. The molecule has 0 spiro atoms. The van der Waals surface area contributed by atoms with Gasteiger partial charge in [-0.2, -0.15) is 5.26 Å². The van der Waals surface area contributed by atoms with Gasteiger partial charge in [-0.15, -0.1) is 21.5 Å². The molecule has 3 aromatic heterocycles. The number of carbonyl (C=O) groups is 1. The van der Waals surface area contributed by atoms with Gasteiger partial charge in [0.05, 0.1) is 35.9 Å². The molecule has 0 fully saturated rings. The highest BCUT2D eigenvalue weighted by Crippen LogP contribution is 2.38. The number of carbonyl (C=O) groups excluding carboxylic acids is 1. The van der Waals surface area contributed by atoms with Crippen molar-refractivity contribution in [1.82, 2.24) is 19.7 Å². The molecule has 168 valence electrons. The molecule has 0 bridgehead atoms. The van der Waals surface area contributed by atoms with Crippen molar-refractivity contribution in [1.29, 1.82) is 5.26 Å². The zero-order valence-electron chi connectivity index (χ0n) is 18.4. The van der Waals surface area contributed by atoms with Crippen molar-refractivity contribution in [2.24, 2.45) is 13.0 Å². The van der Waals surface area contributed by atoms with Crippen LogP contribution in [0.3, 0.4) is 0 Å². The number of nitrogens with zero attached hydrogens (tertiary/aromatic N) is 5. The van der Waals surface area contributed by atoms with Gasteiger partial charge >= 0.3 is 0 Å². The molecule has 0 saturated heterocycles. The van der Waals surface area contributed by atoms with Gasteiger partial charge in [-0.25, -0.2) is 0 Å². The topological polar surface area (TPSA) is 87.9 Å². The minimum absolute atomic E-state index is 0.0524. The van der Waals surface area contributed by atoms with Crippen molar-refractivity contribution in [3.05, 3.63) is 40.7 Å². The fraction of sp³-hybridized carbons (Fsp3) is 0.478. The van der Waals surface area contributed by atoms with E-state index in [9.17, 15) is 4.79 Å². The Morgan fingerprint density at radius 3 is 3.09 bits per heavy atom. The average molecular weight is 470 g/mol. The Hall–Kier alpha value is -2.57. The van der Waals surface area contributed by atoms with Crippen LogP contribution in [0.5, 0.6) is 0 Å². The van der Waals surface area contributed by atoms with Crippen molar-refractivity contribution >= 4 is 29.0 Å². The number of rotatable bonds is 9. The molecule has 0 N–H and O–H groups in total. The predicted molar refractivity (Wildman–Crippen MR) is 125 cm³/mol. The van der Waals surface area contributed by atoms with Crippen LogP contribution in [0.2, 0.25) is 0 Å². The molecular weight excluding hydrogens is 442 g/mol. The molecule has 1 atom stereocenters. The average Bonchev–Trinajstić information content (AvgIpc) is 3.54. The first kappa shape index (κ1) is 22.6. The van der Waals surface area contributed by atoms with Crippen molar-refractivity contribution in [2.75, 3.05) is 12.3 Å². The van der Waals surface area contributed by atoms with Crippen LogP contribution in [0.15, 0.2) is 34.0 Å². The van der Waals surface area contributed by atoms with E-state index in [0.717, 1.165) is 29.5 Å². The monoisotopic (exact) mass is 469 g/mol. The summed E-state index contributed by atoms with van der Waals surface area (Å²) in [6.45, 7) is 3.00. The second kappa shape index (κ2) is 10.4. The van der Waals surface area contributed by atoms with Crippen LogP contribution in [0.1, 0.15) is 42.4 Å². The van der Waals surface area contributed by atoms with E-state index in [-0.39, 0.29) is 18.1 Å². The lowest BCUT2D eigenvalue weighted by Gasteiger charge is -2.20. The number of hydrogen-bond acceptors (Lipinski definition) is 7. The summed E-state index contributed by atoms with van der Waals surface area (Å²) < 4.78 is 7.34. The molecule has 0 saturated carbocycles. The number of furan rings is 1. The SMILES string of the molecule is CCC1CCc2sc(-c3nnc(SCC(=O)N(CCC#N)Cc4ccco4)n3C)cc2C1. The molecule has 1 amide bonds. The summed E-state index contributed by atoms with van der Waals surface area (Å²) >= 11 is 3.19. The number of thiophene rings is 1. The van der Waals surface area contributed by atoms with Crippen molar-refractivity contribution in [3.8, 4) is 16.8 Å². The lowest BCUT2D eigenvalue weighted by Crippen LogP contribution is -2.32. The molecule has 3 heterocycles. The van der Waals surface area contributed by atoms with Gasteiger partial charge in [-0.1, -0.05) is 25.1 Å². The number of nitriles is 1. The van der Waals surface area contributed by atoms with Gasteiger partial charge in [-0.3, -0.25) is 4.79 Å². The van der Waals surface area contributed by atoms with Gasteiger partial charge in [0.1, 0.15) is 5.76 Å². The molecule has 32 heavy (non-hydrogen) atoms. The van der Waals surface area contributed by atoms with E-state index in [1.807, 2.05) is 29.0 Å². The number of aryl methyl sites for hydroxylation is 1. The summed E-state index contributed by atoms with van der Waals surface area (Å²) in [4.78, 5) is 17.1. The van der Waals surface area contributed by atoms with E-state index in [1.54, 1.807) is 17.2 Å². The smallest absolute Gasteiger partial charge is 0.233 e. The van der Waals surface area contributed by atoms with Crippen LogP contribution in [-0.2, 0) is 31.2 Å². The summed E-state index contributed by atoms with van der Waals surface area (Å²) in [5.41, 5.74) is 1.46. The lowest BCUT2D eigenvalue weighted by molar-refractivity contribution is -0.129. The zero-order chi connectivity index (χ0) is 22.5. The van der Waals surface area contributed by atoms with Crippen LogP contribution in [-0.4, -0.2) is 37.9 Å². The number of fused-ring (bicyclic) bond motifs is 1. The summed E-state index contributed by atoms with van der Waals surface area (Å²) in [6, 6.07) is 8.01. The summed E-state index contributed by atoms with van der Waals surface area (Å²) in [5, 5.41) is 18.4. The summed E-state index contributed by atoms with van der Waals surface area (Å²) in [7, 11) is 1.95. The number of aromatic nitrogens is 3. The molecular formula is C23H27N5O2S2. The molecule has 1 unspecified atom stereocenters. The Balaban J connectivity index is 1.42. The van der Waals surface area contributed by atoms with Crippen molar-refractivity contribution in [2.45, 2.75) is 50.7 Å². The molecule has 0 aliphatic heterocycles. The number of hydrogen-bond donors (Lipinski definition) is 0. The molecule has 0 radical (unpaired) electrons. The second-order valence-electron chi connectivity index (χ2n) is 8.03. The molecule has 1 aliphatic carbocycles. The summed E-state index contributed by atoms with van der Waals surface area (Å²) in [5.74, 6) is 2.52. The molecule has 0 aromatic carbocycles. The molecule has 4 rings (SSSR count). The van der Waals surface area contributed by atoms with E-state index >= 15 is 0 Å². The minimum atomic E-state index is -0.0524. The normalized spacial score (nSPS) is 15.3. The fourth-order valence-electron chi connectivity index (χ4n) is 4.00. The van der Waals surface area contributed by atoms with Gasteiger partial charge in [0.15, 0.2) is 11.0 Å². The maximum Gasteiger partial charge on any atom is 0.233 e. The van der Waals surface area contributed by atoms with E-state index in [2.05, 4.69) is 29.3 Å². The highest BCUT2D eigenvalue weighted by Gasteiger charge is 2.23. The Labute approximate surface area is 196 Å². The van der Waals surface area contributed by atoms with E-state index in [1.165, 1.54) is 35.0 Å². The standard InChI is InChI=1S/C23H27N5O2S2/c1-3-16-7-8-19-17(12-16)13-20(32-19)22-25-26-23(27(22)2)31-15-21(29)28(10-5-9-24)14-18-6-4-11-30-18/h4,6,11,13,16H,3,5,7-8,10,12,14-15H2,1-2H3. The second-order valence-corrected chi connectivity index (χ2v) is 10.1. The fourth-order valence-corrected chi connectivity index (χ4v) is 6.04. The zero-order valence-corrected chi connectivity index (χ0v) is 20.0. The molecule has 3 aromatic rings. The maximum absolute atomic E-state index is 12.8. The highest BCUT2D eigenvalue weighted by atomic mass is 32.2. The largest absolute Gasteiger partial charge is 0.467 e. The van der Waals surface area contributed by atoms with Gasteiger partial charge in [0.25, 0.3) is 0 Å². The highest BCUT2D eigenvalue weighted by molar-refractivity contribution is 7.99. The Morgan fingerprint density at radius 1 is 1.47 bits per heavy atom. The third kappa shape index (κ3) is 5.08. The maximum atomic E-state index is 12.8. The van der Waals surface area contributed by atoms with Gasteiger partial charge < -0.3 is 13.9 Å². The third-order valence-electron chi connectivity index (χ3n) is 5.92. The van der Waals surface area contributed by atoms with E-state index in [0.29, 0.717) is 24.0 Å². The Bertz CT molecular complexity index is 1100. The first-order valence-electron chi connectivity index (χ1n) is 10.9. The van der Waals surface area contributed by atoms with Crippen LogP contribution < -0.4 is 0 Å². The number of amides is 1. The van der Waals surface area contributed by atoms with E-state index in [4.69, 9.17) is 9.68 Å². The lowest BCUT2D eigenvalue weighted by atomic mass is 9.87. The first-order chi connectivity index (χ1) is 15.6. The quantitative estimate of drug-likeness (QED) is 0.423. The van der Waals surface area contributed by atoms with Crippen molar-refractivity contribution < 1.29 is 9.21 Å². The first-order valence-corrected chi connectivity index (χ1v) is 12.7. The Morgan fingerprint density at radius 2 is 2.34 bits per heavy atom. The van der Waals surface area contributed by atoms with Gasteiger partial charge in [-0.05, 0) is 48.9 Å². The molecule has 7 nitrogen and oxygen atoms in total. The third-order valence-corrected chi connectivity index (χ3v) is 8.15. The predicted octanol–water partition coefficient (Wildman–Crippen LogP) is 4.69. The van der Waals surface area contributed by atoms with Crippen LogP contribution in [0.25, 0.3) is 10.7 Å². The van der Waals surface area contributed by atoms with E-state index < -0.39 is 0 Å².